The quantitative estimate of drug-likeness (QED) is 0.893. The topological polar surface area (TPSA) is 41.1 Å². The van der Waals surface area contributed by atoms with E-state index in [1.165, 1.54) is 6.07 Å². The molecule has 1 amide bonds. The predicted octanol–water partition coefficient (Wildman–Crippen LogP) is 3.52. The molecule has 1 atom stereocenters. The van der Waals surface area contributed by atoms with Crippen LogP contribution in [-0.4, -0.2) is 19.0 Å². The van der Waals surface area contributed by atoms with Crippen LogP contribution in [-0.2, 0) is 4.79 Å². The molecule has 1 aliphatic heterocycles. The second-order valence-electron chi connectivity index (χ2n) is 5.80. The molecule has 118 valence electrons. The minimum atomic E-state index is -0.376. The zero-order valence-corrected chi connectivity index (χ0v) is 13.4. The van der Waals surface area contributed by atoms with Gasteiger partial charge in [0.2, 0.25) is 5.91 Å². The van der Waals surface area contributed by atoms with Crippen LogP contribution >= 0.6 is 12.4 Å². The van der Waals surface area contributed by atoms with Crippen LogP contribution in [0.2, 0.25) is 0 Å². The maximum absolute atomic E-state index is 13.6. The van der Waals surface area contributed by atoms with Crippen molar-refractivity contribution in [2.75, 3.05) is 18.4 Å². The number of hydrogen-bond acceptors (Lipinski definition) is 2. The van der Waals surface area contributed by atoms with Gasteiger partial charge < -0.3 is 10.6 Å². The van der Waals surface area contributed by atoms with Crippen molar-refractivity contribution >= 4 is 24.0 Å². The molecule has 1 fully saturated rings. The minimum absolute atomic E-state index is 0. The van der Waals surface area contributed by atoms with Crippen molar-refractivity contribution in [3.8, 4) is 0 Å². The minimum Gasteiger partial charge on any atom is -0.324 e. The van der Waals surface area contributed by atoms with E-state index < -0.39 is 0 Å². The van der Waals surface area contributed by atoms with Gasteiger partial charge in [0, 0.05) is 6.42 Å². The van der Waals surface area contributed by atoms with Crippen molar-refractivity contribution in [1.82, 2.24) is 5.32 Å². The van der Waals surface area contributed by atoms with E-state index >= 15 is 0 Å². The SMILES string of the molecule is Cc1ccc(F)c(NC(=O)CC(C)C2CCNCC2)c1.Cl. The number of aryl methyl sites for hydroxylation is 1. The number of nitrogens with one attached hydrogen (secondary N) is 2. The normalized spacial score (nSPS) is 16.9. The molecule has 21 heavy (non-hydrogen) atoms. The van der Waals surface area contributed by atoms with Gasteiger partial charge >= 0.3 is 0 Å². The van der Waals surface area contributed by atoms with Crippen LogP contribution in [0.1, 0.15) is 31.7 Å². The smallest absolute Gasteiger partial charge is 0.224 e. The molecule has 1 aromatic carbocycles. The van der Waals surface area contributed by atoms with Crippen LogP contribution in [0, 0.1) is 24.6 Å². The Labute approximate surface area is 132 Å². The van der Waals surface area contributed by atoms with Crippen molar-refractivity contribution < 1.29 is 9.18 Å². The summed E-state index contributed by atoms with van der Waals surface area (Å²) < 4.78 is 13.6. The highest BCUT2D eigenvalue weighted by Gasteiger charge is 2.22. The molecule has 0 bridgehead atoms. The fourth-order valence-electron chi connectivity index (χ4n) is 2.81. The summed E-state index contributed by atoms with van der Waals surface area (Å²) in [5, 5.41) is 6.02. The summed E-state index contributed by atoms with van der Waals surface area (Å²) in [5.41, 5.74) is 1.22. The lowest BCUT2D eigenvalue weighted by molar-refractivity contribution is -0.117. The maximum atomic E-state index is 13.6. The van der Waals surface area contributed by atoms with Crippen LogP contribution in [0.15, 0.2) is 18.2 Å². The Balaban J connectivity index is 0.00000220. The fourth-order valence-corrected chi connectivity index (χ4v) is 2.81. The third kappa shape index (κ3) is 5.29. The first-order valence-electron chi connectivity index (χ1n) is 7.33. The molecular weight excluding hydrogens is 291 g/mol. The molecule has 5 heteroatoms. The average molecular weight is 315 g/mol. The standard InChI is InChI=1S/C16H23FN2O.ClH/c1-11-3-4-14(17)15(9-11)19-16(20)10-12(2)13-5-7-18-8-6-13;/h3-4,9,12-13,18H,5-8,10H2,1-2H3,(H,19,20);1H. The molecule has 1 heterocycles. The highest BCUT2D eigenvalue weighted by Crippen LogP contribution is 2.25. The lowest BCUT2D eigenvalue weighted by Gasteiger charge is -2.27. The Morgan fingerprint density at radius 1 is 1.43 bits per heavy atom. The molecule has 3 nitrogen and oxygen atoms in total. The van der Waals surface area contributed by atoms with Crippen molar-refractivity contribution in [3.05, 3.63) is 29.6 Å². The van der Waals surface area contributed by atoms with Gasteiger partial charge in [-0.25, -0.2) is 4.39 Å². The highest BCUT2D eigenvalue weighted by molar-refractivity contribution is 5.91. The second-order valence-corrected chi connectivity index (χ2v) is 5.80. The fraction of sp³-hybridized carbons (Fsp3) is 0.562. The molecule has 1 aliphatic rings. The summed E-state index contributed by atoms with van der Waals surface area (Å²) in [5.74, 6) is 0.452. The van der Waals surface area contributed by atoms with Gasteiger partial charge in [0.15, 0.2) is 0 Å². The number of anilines is 1. The molecule has 1 saturated heterocycles. The molecule has 0 saturated carbocycles. The van der Waals surface area contributed by atoms with Gasteiger partial charge in [-0.05, 0) is 62.4 Å². The molecule has 0 radical (unpaired) electrons. The largest absolute Gasteiger partial charge is 0.324 e. The number of carbonyl (C=O) groups is 1. The molecule has 0 aliphatic carbocycles. The Morgan fingerprint density at radius 3 is 2.76 bits per heavy atom. The van der Waals surface area contributed by atoms with Crippen LogP contribution < -0.4 is 10.6 Å². The van der Waals surface area contributed by atoms with Crippen molar-refractivity contribution in [3.63, 3.8) is 0 Å². The molecule has 1 unspecified atom stereocenters. The molecular formula is C16H24ClFN2O. The summed E-state index contributed by atoms with van der Waals surface area (Å²) in [6.45, 7) is 6.06. The Bertz CT molecular complexity index is 475. The summed E-state index contributed by atoms with van der Waals surface area (Å²) >= 11 is 0. The van der Waals surface area contributed by atoms with Gasteiger partial charge in [-0.3, -0.25) is 4.79 Å². The zero-order valence-electron chi connectivity index (χ0n) is 12.6. The van der Waals surface area contributed by atoms with Gasteiger partial charge in [-0.2, -0.15) is 0 Å². The average Bonchev–Trinajstić information content (AvgIpc) is 2.43. The number of piperidine rings is 1. The van der Waals surface area contributed by atoms with Gasteiger partial charge in [0.1, 0.15) is 5.82 Å². The van der Waals surface area contributed by atoms with Gasteiger partial charge in [-0.1, -0.05) is 13.0 Å². The van der Waals surface area contributed by atoms with Crippen molar-refractivity contribution in [1.29, 1.82) is 0 Å². The van der Waals surface area contributed by atoms with Gasteiger partial charge in [0.25, 0.3) is 0 Å². The summed E-state index contributed by atoms with van der Waals surface area (Å²) in [6.07, 6.45) is 2.69. The highest BCUT2D eigenvalue weighted by atomic mass is 35.5. The van der Waals surface area contributed by atoms with E-state index in [4.69, 9.17) is 0 Å². The third-order valence-electron chi connectivity index (χ3n) is 4.09. The van der Waals surface area contributed by atoms with Crippen LogP contribution in [0.5, 0.6) is 0 Å². The van der Waals surface area contributed by atoms with Crippen LogP contribution in [0.4, 0.5) is 10.1 Å². The van der Waals surface area contributed by atoms with E-state index in [1.54, 1.807) is 12.1 Å². The number of benzene rings is 1. The van der Waals surface area contributed by atoms with Gasteiger partial charge in [-0.15, -0.1) is 12.4 Å². The first-order valence-corrected chi connectivity index (χ1v) is 7.33. The van der Waals surface area contributed by atoms with Gasteiger partial charge in [0.05, 0.1) is 5.69 Å². The van der Waals surface area contributed by atoms with Crippen molar-refractivity contribution in [2.45, 2.75) is 33.1 Å². The Hall–Kier alpha value is -1.13. The summed E-state index contributed by atoms with van der Waals surface area (Å²) in [6, 6.07) is 4.76. The van der Waals surface area contributed by atoms with E-state index in [0.29, 0.717) is 18.3 Å². The first kappa shape index (κ1) is 17.9. The van der Waals surface area contributed by atoms with E-state index in [1.807, 2.05) is 6.92 Å². The Morgan fingerprint density at radius 2 is 2.10 bits per heavy atom. The third-order valence-corrected chi connectivity index (χ3v) is 4.09. The molecule has 2 rings (SSSR count). The predicted molar refractivity (Wildman–Crippen MR) is 86.4 cm³/mol. The zero-order chi connectivity index (χ0) is 14.5. The number of hydrogen-bond donors (Lipinski definition) is 2. The maximum Gasteiger partial charge on any atom is 0.224 e. The van der Waals surface area contributed by atoms with E-state index in [0.717, 1.165) is 31.5 Å². The van der Waals surface area contributed by atoms with E-state index in [9.17, 15) is 9.18 Å². The Kier molecular flexibility index (Phi) is 7.12. The molecule has 1 aromatic rings. The number of rotatable bonds is 4. The summed E-state index contributed by atoms with van der Waals surface area (Å²) in [4.78, 5) is 12.0. The number of carbonyl (C=O) groups excluding carboxylic acids is 1. The number of halogens is 2. The first-order chi connectivity index (χ1) is 9.56. The van der Waals surface area contributed by atoms with E-state index in [-0.39, 0.29) is 29.8 Å². The number of amides is 1. The molecule has 2 N–H and O–H groups in total. The summed E-state index contributed by atoms with van der Waals surface area (Å²) in [7, 11) is 0. The van der Waals surface area contributed by atoms with Crippen molar-refractivity contribution in [2.24, 2.45) is 11.8 Å². The van der Waals surface area contributed by atoms with Crippen LogP contribution in [0.3, 0.4) is 0 Å². The van der Waals surface area contributed by atoms with Crippen LogP contribution in [0.25, 0.3) is 0 Å². The lowest BCUT2D eigenvalue weighted by Crippen LogP contribution is -2.32. The molecule has 0 aromatic heterocycles. The van der Waals surface area contributed by atoms with E-state index in [2.05, 4.69) is 17.6 Å². The molecule has 0 spiro atoms. The second kappa shape index (κ2) is 8.35. The lowest BCUT2D eigenvalue weighted by atomic mass is 9.84. The monoisotopic (exact) mass is 314 g/mol.